The molecule has 7 nitrogen and oxygen atoms in total. The van der Waals surface area contributed by atoms with E-state index in [1.807, 2.05) is 12.1 Å². The van der Waals surface area contributed by atoms with Gasteiger partial charge < -0.3 is 15.5 Å². The lowest BCUT2D eigenvalue weighted by Gasteiger charge is -2.33. The van der Waals surface area contributed by atoms with Gasteiger partial charge in [0.25, 0.3) is 0 Å². The molecule has 1 aliphatic heterocycles. The van der Waals surface area contributed by atoms with Gasteiger partial charge in [-0.15, -0.1) is 0 Å². The van der Waals surface area contributed by atoms with Crippen LogP contribution in [0.25, 0.3) is 0 Å². The molecule has 0 bridgehead atoms. The number of piperidine rings is 1. The summed E-state index contributed by atoms with van der Waals surface area (Å²) in [5.41, 5.74) is 1.24. The number of aryl methyl sites for hydroxylation is 1. The van der Waals surface area contributed by atoms with Crippen LogP contribution < -0.4 is 15.5 Å². The van der Waals surface area contributed by atoms with Crippen molar-refractivity contribution in [2.45, 2.75) is 18.9 Å². The average molecular weight is 348 g/mol. The summed E-state index contributed by atoms with van der Waals surface area (Å²) in [6.07, 6.45) is 4.60. The Kier molecular flexibility index (Phi) is 4.71. The SMILES string of the molecule is Cn1cc(NC(=O)NC2CCCN(c3ccccc3Cl)C2=O)cn1. The van der Waals surface area contributed by atoms with Crippen LogP contribution in [-0.4, -0.2) is 34.3 Å². The smallest absolute Gasteiger partial charge is 0.319 e. The minimum atomic E-state index is -0.577. The van der Waals surface area contributed by atoms with Gasteiger partial charge in [0, 0.05) is 19.8 Å². The molecule has 0 saturated carbocycles. The Hall–Kier alpha value is -2.54. The number of rotatable bonds is 3. The lowest BCUT2D eigenvalue weighted by molar-refractivity contribution is -0.121. The van der Waals surface area contributed by atoms with E-state index in [4.69, 9.17) is 11.6 Å². The van der Waals surface area contributed by atoms with Gasteiger partial charge in [0.2, 0.25) is 5.91 Å². The molecule has 8 heteroatoms. The summed E-state index contributed by atoms with van der Waals surface area (Å²) in [4.78, 5) is 26.4. The number of amides is 3. The summed E-state index contributed by atoms with van der Waals surface area (Å²) in [5.74, 6) is -0.157. The molecule has 1 aromatic carbocycles. The molecule has 0 spiro atoms. The maximum atomic E-state index is 12.7. The lowest BCUT2D eigenvalue weighted by Crippen LogP contribution is -2.53. The molecule has 126 valence electrons. The summed E-state index contributed by atoms with van der Waals surface area (Å²) in [5, 5.41) is 9.89. The maximum Gasteiger partial charge on any atom is 0.319 e. The molecule has 1 aliphatic rings. The topological polar surface area (TPSA) is 79.3 Å². The zero-order chi connectivity index (χ0) is 17.1. The highest BCUT2D eigenvalue weighted by atomic mass is 35.5. The molecule has 2 heterocycles. The van der Waals surface area contributed by atoms with E-state index in [-0.39, 0.29) is 5.91 Å². The number of aromatic nitrogens is 2. The van der Waals surface area contributed by atoms with Gasteiger partial charge in [-0.1, -0.05) is 23.7 Å². The first-order valence-electron chi connectivity index (χ1n) is 7.66. The van der Waals surface area contributed by atoms with E-state index >= 15 is 0 Å². The molecule has 1 saturated heterocycles. The molecule has 3 amide bonds. The average Bonchev–Trinajstić information content (AvgIpc) is 2.95. The van der Waals surface area contributed by atoms with Crippen molar-refractivity contribution in [3.05, 3.63) is 41.7 Å². The first kappa shape index (κ1) is 16.3. The van der Waals surface area contributed by atoms with Crippen molar-refractivity contribution in [3.8, 4) is 0 Å². The van der Waals surface area contributed by atoms with Crippen molar-refractivity contribution in [3.63, 3.8) is 0 Å². The van der Waals surface area contributed by atoms with Crippen LogP contribution in [0, 0.1) is 0 Å². The van der Waals surface area contributed by atoms with E-state index in [0.29, 0.717) is 29.4 Å². The monoisotopic (exact) mass is 347 g/mol. The van der Waals surface area contributed by atoms with Crippen LogP contribution in [-0.2, 0) is 11.8 Å². The number of nitrogens with one attached hydrogen (secondary N) is 2. The van der Waals surface area contributed by atoms with Crippen LogP contribution in [0.4, 0.5) is 16.2 Å². The van der Waals surface area contributed by atoms with Gasteiger partial charge in [-0.05, 0) is 25.0 Å². The molecule has 0 aliphatic carbocycles. The number of carbonyl (C=O) groups is 2. The van der Waals surface area contributed by atoms with Crippen LogP contribution >= 0.6 is 11.6 Å². The van der Waals surface area contributed by atoms with Gasteiger partial charge in [0.1, 0.15) is 6.04 Å². The Bertz CT molecular complexity index is 760. The van der Waals surface area contributed by atoms with E-state index in [1.54, 1.807) is 35.0 Å². The first-order chi connectivity index (χ1) is 11.5. The fraction of sp³-hybridized carbons (Fsp3) is 0.312. The van der Waals surface area contributed by atoms with Crippen molar-refractivity contribution in [2.75, 3.05) is 16.8 Å². The summed E-state index contributed by atoms with van der Waals surface area (Å²) in [7, 11) is 1.76. The van der Waals surface area contributed by atoms with Crippen molar-refractivity contribution >= 4 is 34.9 Å². The van der Waals surface area contributed by atoms with Gasteiger partial charge in [-0.2, -0.15) is 5.10 Å². The van der Waals surface area contributed by atoms with Gasteiger partial charge >= 0.3 is 6.03 Å². The van der Waals surface area contributed by atoms with Crippen molar-refractivity contribution in [2.24, 2.45) is 7.05 Å². The van der Waals surface area contributed by atoms with Gasteiger partial charge in [-0.3, -0.25) is 9.48 Å². The van der Waals surface area contributed by atoms with Crippen LogP contribution in [0.15, 0.2) is 36.7 Å². The number of urea groups is 1. The molecule has 0 radical (unpaired) electrons. The molecule has 1 aromatic heterocycles. The quantitative estimate of drug-likeness (QED) is 0.894. The summed E-state index contributed by atoms with van der Waals surface area (Å²) < 4.78 is 1.58. The number of anilines is 2. The molecular weight excluding hydrogens is 330 g/mol. The van der Waals surface area contributed by atoms with E-state index in [1.165, 1.54) is 6.20 Å². The second kappa shape index (κ2) is 6.92. The summed E-state index contributed by atoms with van der Waals surface area (Å²) in [6, 6.07) is 6.20. The zero-order valence-electron chi connectivity index (χ0n) is 13.2. The molecule has 2 N–H and O–H groups in total. The largest absolute Gasteiger partial charge is 0.326 e. The standard InChI is InChI=1S/C16H18ClN5O2/c1-21-10-11(9-18-21)19-16(24)20-13-6-4-8-22(15(13)23)14-7-3-2-5-12(14)17/h2-3,5,7,9-10,13H,4,6,8H2,1H3,(H2,19,20,24). The second-order valence-corrected chi connectivity index (χ2v) is 6.04. The van der Waals surface area contributed by atoms with Crippen molar-refractivity contribution in [1.82, 2.24) is 15.1 Å². The van der Waals surface area contributed by atoms with Gasteiger partial charge in [-0.25, -0.2) is 4.79 Å². The minimum absolute atomic E-state index is 0.157. The Morgan fingerprint density at radius 1 is 1.38 bits per heavy atom. The predicted molar refractivity (Wildman–Crippen MR) is 92.2 cm³/mol. The molecule has 1 fully saturated rings. The molecule has 1 unspecified atom stereocenters. The first-order valence-corrected chi connectivity index (χ1v) is 8.04. The lowest BCUT2D eigenvalue weighted by atomic mass is 10.0. The van der Waals surface area contributed by atoms with Crippen LogP contribution in [0.2, 0.25) is 5.02 Å². The van der Waals surface area contributed by atoms with Gasteiger partial charge in [0.15, 0.2) is 0 Å². The van der Waals surface area contributed by atoms with E-state index in [2.05, 4.69) is 15.7 Å². The predicted octanol–water partition coefficient (Wildman–Crippen LogP) is 2.39. The van der Waals surface area contributed by atoms with E-state index in [9.17, 15) is 9.59 Å². The Labute approximate surface area is 144 Å². The number of halogens is 1. The summed E-state index contributed by atoms with van der Waals surface area (Å²) in [6.45, 7) is 0.588. The minimum Gasteiger partial charge on any atom is -0.326 e. The highest BCUT2D eigenvalue weighted by Crippen LogP contribution is 2.28. The van der Waals surface area contributed by atoms with Crippen LogP contribution in [0.1, 0.15) is 12.8 Å². The zero-order valence-corrected chi connectivity index (χ0v) is 14.0. The van der Waals surface area contributed by atoms with E-state index < -0.39 is 12.1 Å². The normalized spacial score (nSPS) is 17.7. The third kappa shape index (κ3) is 3.51. The fourth-order valence-corrected chi connectivity index (χ4v) is 2.97. The fourth-order valence-electron chi connectivity index (χ4n) is 2.73. The highest BCUT2D eigenvalue weighted by Gasteiger charge is 2.31. The number of para-hydroxylation sites is 1. The second-order valence-electron chi connectivity index (χ2n) is 5.64. The Balaban J connectivity index is 1.67. The molecular formula is C16H18ClN5O2. The molecule has 3 rings (SSSR count). The molecule has 2 aromatic rings. The Morgan fingerprint density at radius 3 is 2.88 bits per heavy atom. The van der Waals surface area contributed by atoms with Crippen molar-refractivity contribution < 1.29 is 9.59 Å². The van der Waals surface area contributed by atoms with Crippen LogP contribution in [0.3, 0.4) is 0 Å². The highest BCUT2D eigenvalue weighted by molar-refractivity contribution is 6.33. The Morgan fingerprint density at radius 2 is 2.17 bits per heavy atom. The van der Waals surface area contributed by atoms with Crippen LogP contribution in [0.5, 0.6) is 0 Å². The van der Waals surface area contributed by atoms with Crippen molar-refractivity contribution in [1.29, 1.82) is 0 Å². The van der Waals surface area contributed by atoms with Gasteiger partial charge in [0.05, 0.1) is 22.6 Å². The summed E-state index contributed by atoms with van der Waals surface area (Å²) >= 11 is 6.18. The van der Waals surface area contributed by atoms with E-state index in [0.717, 1.165) is 6.42 Å². The maximum absolute atomic E-state index is 12.7. The molecule has 1 atom stereocenters. The third-order valence-electron chi connectivity index (χ3n) is 3.85. The number of hydrogen-bond acceptors (Lipinski definition) is 3. The number of carbonyl (C=O) groups excluding carboxylic acids is 2. The number of benzene rings is 1. The number of hydrogen-bond donors (Lipinski definition) is 2. The number of nitrogens with zero attached hydrogens (tertiary/aromatic N) is 3. The third-order valence-corrected chi connectivity index (χ3v) is 4.17. The molecule has 24 heavy (non-hydrogen) atoms.